The number of unbranched alkanes of at least 4 members (excludes halogenated alkanes) is 26. The molecule has 5 nitrogen and oxygen atoms in total. The average molecular weight is 598 g/mol. The largest absolute Gasteiger partial charge is 0.394 e. The molecule has 0 radical (unpaired) electrons. The van der Waals surface area contributed by atoms with Crippen molar-refractivity contribution in [2.24, 2.45) is 0 Å². The molecule has 0 fully saturated rings. The average Bonchev–Trinajstić information content (AvgIpc) is 2.99. The first-order chi connectivity index (χ1) is 20.6. The molecule has 3 unspecified atom stereocenters. The summed E-state index contributed by atoms with van der Waals surface area (Å²) in [5.41, 5.74) is 0. The van der Waals surface area contributed by atoms with Gasteiger partial charge in [-0.3, -0.25) is 4.79 Å². The first kappa shape index (κ1) is 41.4. The highest BCUT2D eigenvalue weighted by atomic mass is 16.3. The SMILES string of the molecule is CCCCCCCCCCCCCCCCCC(=O)NC(CO)C(O)C(O)CCCCCCCCCCCCCCC. The van der Waals surface area contributed by atoms with Gasteiger partial charge >= 0.3 is 0 Å². The van der Waals surface area contributed by atoms with Gasteiger partial charge in [-0.25, -0.2) is 0 Å². The van der Waals surface area contributed by atoms with Crippen LogP contribution in [0.1, 0.15) is 206 Å². The second-order valence-corrected chi connectivity index (χ2v) is 13.1. The monoisotopic (exact) mass is 598 g/mol. The number of carbonyl (C=O) groups is 1. The van der Waals surface area contributed by atoms with E-state index >= 15 is 0 Å². The summed E-state index contributed by atoms with van der Waals surface area (Å²) < 4.78 is 0. The molecule has 0 aromatic rings. The van der Waals surface area contributed by atoms with E-state index in [1.807, 2.05) is 0 Å². The third-order valence-electron chi connectivity index (χ3n) is 8.96. The fourth-order valence-corrected chi connectivity index (χ4v) is 5.99. The van der Waals surface area contributed by atoms with Crippen LogP contribution in [0.4, 0.5) is 0 Å². The lowest BCUT2D eigenvalue weighted by Crippen LogP contribution is -2.50. The summed E-state index contributed by atoms with van der Waals surface area (Å²) in [5.74, 6) is -0.143. The van der Waals surface area contributed by atoms with E-state index in [-0.39, 0.29) is 12.5 Å². The van der Waals surface area contributed by atoms with Crippen LogP contribution in [0.5, 0.6) is 0 Å². The zero-order valence-corrected chi connectivity index (χ0v) is 28.4. The van der Waals surface area contributed by atoms with E-state index in [0.29, 0.717) is 12.8 Å². The van der Waals surface area contributed by atoms with Crippen LogP contribution in [-0.4, -0.2) is 46.1 Å². The van der Waals surface area contributed by atoms with Crippen LogP contribution < -0.4 is 5.32 Å². The molecule has 0 aromatic heterocycles. The number of amides is 1. The maximum Gasteiger partial charge on any atom is 0.220 e. The highest BCUT2D eigenvalue weighted by Gasteiger charge is 2.26. The summed E-state index contributed by atoms with van der Waals surface area (Å²) in [6.45, 7) is 4.17. The highest BCUT2D eigenvalue weighted by Crippen LogP contribution is 2.16. The van der Waals surface area contributed by atoms with Gasteiger partial charge in [0, 0.05) is 6.42 Å². The van der Waals surface area contributed by atoms with Crippen molar-refractivity contribution in [3.63, 3.8) is 0 Å². The normalized spacial score (nSPS) is 13.7. The fourth-order valence-electron chi connectivity index (χ4n) is 5.99. The third kappa shape index (κ3) is 28.1. The lowest BCUT2D eigenvalue weighted by atomic mass is 9.99. The van der Waals surface area contributed by atoms with E-state index in [0.717, 1.165) is 32.1 Å². The molecule has 0 saturated carbocycles. The molecule has 3 atom stereocenters. The first-order valence-electron chi connectivity index (χ1n) is 18.8. The van der Waals surface area contributed by atoms with Crippen molar-refractivity contribution in [2.75, 3.05) is 6.61 Å². The summed E-state index contributed by atoms with van der Waals surface area (Å²) in [5, 5.41) is 33.4. The van der Waals surface area contributed by atoms with Gasteiger partial charge in [-0.2, -0.15) is 0 Å². The molecule has 0 heterocycles. The lowest BCUT2D eigenvalue weighted by molar-refractivity contribution is -0.124. The number of nitrogens with one attached hydrogen (secondary N) is 1. The van der Waals surface area contributed by atoms with Gasteiger partial charge in [-0.05, 0) is 12.8 Å². The van der Waals surface area contributed by atoms with Gasteiger partial charge in [0.2, 0.25) is 5.91 Å². The zero-order valence-electron chi connectivity index (χ0n) is 28.4. The van der Waals surface area contributed by atoms with Crippen LogP contribution in [0.15, 0.2) is 0 Å². The quantitative estimate of drug-likeness (QED) is 0.0556. The Morgan fingerprint density at radius 2 is 0.810 bits per heavy atom. The highest BCUT2D eigenvalue weighted by molar-refractivity contribution is 5.76. The molecule has 0 saturated heterocycles. The summed E-state index contributed by atoms with van der Waals surface area (Å²) in [6, 6.07) is -0.800. The number of aliphatic hydroxyl groups is 3. The van der Waals surface area contributed by atoms with Crippen molar-refractivity contribution in [3.05, 3.63) is 0 Å². The molecule has 0 spiro atoms. The molecular formula is C37H75NO4. The van der Waals surface area contributed by atoms with Crippen LogP contribution in [0, 0.1) is 0 Å². The minimum absolute atomic E-state index is 0.143. The summed E-state index contributed by atoms with van der Waals surface area (Å²) in [4.78, 5) is 12.3. The summed E-state index contributed by atoms with van der Waals surface area (Å²) >= 11 is 0. The van der Waals surface area contributed by atoms with Crippen molar-refractivity contribution in [3.8, 4) is 0 Å². The first-order valence-corrected chi connectivity index (χ1v) is 18.8. The van der Waals surface area contributed by atoms with Gasteiger partial charge in [-0.15, -0.1) is 0 Å². The molecule has 252 valence electrons. The Kier molecular flexibility index (Phi) is 32.7. The van der Waals surface area contributed by atoms with Gasteiger partial charge in [0.1, 0.15) is 6.10 Å². The second kappa shape index (κ2) is 33.2. The van der Waals surface area contributed by atoms with E-state index in [4.69, 9.17) is 0 Å². The molecule has 1 amide bonds. The lowest BCUT2D eigenvalue weighted by Gasteiger charge is -2.26. The third-order valence-corrected chi connectivity index (χ3v) is 8.96. The van der Waals surface area contributed by atoms with Crippen molar-refractivity contribution >= 4 is 5.91 Å². The Labute approximate surface area is 262 Å². The number of hydrogen-bond acceptors (Lipinski definition) is 4. The number of rotatable bonds is 34. The Morgan fingerprint density at radius 3 is 1.14 bits per heavy atom. The van der Waals surface area contributed by atoms with Crippen molar-refractivity contribution in [1.29, 1.82) is 0 Å². The summed E-state index contributed by atoms with van der Waals surface area (Å²) in [6.07, 6.45) is 34.7. The van der Waals surface area contributed by atoms with Crippen LogP contribution in [0.2, 0.25) is 0 Å². The number of hydrogen-bond donors (Lipinski definition) is 4. The molecule has 0 bridgehead atoms. The van der Waals surface area contributed by atoms with Crippen LogP contribution in [0.25, 0.3) is 0 Å². The minimum atomic E-state index is -1.13. The zero-order chi connectivity index (χ0) is 30.9. The molecular weight excluding hydrogens is 522 g/mol. The van der Waals surface area contributed by atoms with Crippen LogP contribution >= 0.6 is 0 Å². The van der Waals surface area contributed by atoms with Gasteiger partial charge in [-0.1, -0.05) is 187 Å². The fraction of sp³-hybridized carbons (Fsp3) is 0.973. The molecule has 4 N–H and O–H groups in total. The minimum Gasteiger partial charge on any atom is -0.394 e. The van der Waals surface area contributed by atoms with E-state index in [2.05, 4.69) is 19.2 Å². The molecule has 0 aliphatic heterocycles. The van der Waals surface area contributed by atoms with Crippen molar-refractivity contribution in [1.82, 2.24) is 5.32 Å². The smallest absolute Gasteiger partial charge is 0.220 e. The van der Waals surface area contributed by atoms with Gasteiger partial charge < -0.3 is 20.6 Å². The molecule has 0 aliphatic carbocycles. The Morgan fingerprint density at radius 1 is 0.500 bits per heavy atom. The van der Waals surface area contributed by atoms with Crippen LogP contribution in [0.3, 0.4) is 0 Å². The van der Waals surface area contributed by atoms with E-state index in [1.54, 1.807) is 0 Å². The van der Waals surface area contributed by atoms with E-state index < -0.39 is 18.2 Å². The predicted molar refractivity (Wildman–Crippen MR) is 181 cm³/mol. The number of carbonyl (C=O) groups excluding carboxylic acids is 1. The Balaban J connectivity index is 3.65. The molecule has 0 aliphatic rings. The Hall–Kier alpha value is -0.650. The van der Waals surface area contributed by atoms with Gasteiger partial charge in [0.05, 0.1) is 18.8 Å². The van der Waals surface area contributed by atoms with Crippen molar-refractivity contribution in [2.45, 2.75) is 225 Å². The van der Waals surface area contributed by atoms with E-state index in [9.17, 15) is 20.1 Å². The standard InChI is InChI=1S/C37H75NO4/c1-3-5-7-9-11-13-15-17-18-20-22-24-26-28-30-32-36(41)38-34(33-39)37(42)35(40)31-29-27-25-23-21-19-16-14-12-10-8-6-4-2/h34-35,37,39-40,42H,3-33H2,1-2H3,(H,38,41). The van der Waals surface area contributed by atoms with Crippen molar-refractivity contribution < 1.29 is 20.1 Å². The number of aliphatic hydroxyl groups excluding tert-OH is 3. The molecule has 0 rings (SSSR count). The predicted octanol–water partition coefficient (Wildman–Crippen LogP) is 9.93. The van der Waals surface area contributed by atoms with E-state index in [1.165, 1.54) is 148 Å². The summed E-state index contributed by atoms with van der Waals surface area (Å²) in [7, 11) is 0. The molecule has 0 aromatic carbocycles. The van der Waals surface area contributed by atoms with Gasteiger partial charge in [0.15, 0.2) is 0 Å². The van der Waals surface area contributed by atoms with Gasteiger partial charge in [0.25, 0.3) is 0 Å². The maximum absolute atomic E-state index is 12.3. The topological polar surface area (TPSA) is 89.8 Å². The second-order valence-electron chi connectivity index (χ2n) is 13.1. The van der Waals surface area contributed by atoms with Crippen LogP contribution in [-0.2, 0) is 4.79 Å². The maximum atomic E-state index is 12.3. The molecule has 5 heteroatoms. The molecule has 42 heavy (non-hydrogen) atoms. The Bertz CT molecular complexity index is 544.